The third-order valence-electron chi connectivity index (χ3n) is 2.64. The molecule has 1 aromatic carbocycles. The van der Waals surface area contributed by atoms with Crippen LogP contribution >= 0.6 is 23.2 Å². The standard InChI is InChI=1S/C12H17Cl2NO2S/c1-15-12(4-3-5-18(2,16)17)9-6-10(13)8-11(14)7-9/h6-8,12,15H,3-5H2,1-2H3. The summed E-state index contributed by atoms with van der Waals surface area (Å²) in [7, 11) is -1.07. The van der Waals surface area contributed by atoms with Gasteiger partial charge in [-0.15, -0.1) is 0 Å². The highest BCUT2D eigenvalue weighted by Crippen LogP contribution is 2.25. The Hall–Kier alpha value is -0.290. The molecule has 0 heterocycles. The van der Waals surface area contributed by atoms with Gasteiger partial charge in [0.2, 0.25) is 0 Å². The first-order valence-corrected chi connectivity index (χ1v) is 8.44. The maximum atomic E-state index is 11.1. The Morgan fingerprint density at radius 2 is 1.78 bits per heavy atom. The van der Waals surface area contributed by atoms with Gasteiger partial charge in [-0.3, -0.25) is 0 Å². The number of nitrogens with one attached hydrogen (secondary N) is 1. The average molecular weight is 310 g/mol. The van der Waals surface area contributed by atoms with E-state index in [0.717, 1.165) is 12.0 Å². The SMILES string of the molecule is CNC(CCCS(C)(=O)=O)c1cc(Cl)cc(Cl)c1. The molecule has 1 unspecified atom stereocenters. The largest absolute Gasteiger partial charge is 0.313 e. The van der Waals surface area contributed by atoms with Gasteiger partial charge < -0.3 is 5.32 Å². The van der Waals surface area contributed by atoms with Crippen LogP contribution < -0.4 is 5.32 Å². The molecule has 6 heteroatoms. The highest BCUT2D eigenvalue weighted by molar-refractivity contribution is 7.90. The zero-order chi connectivity index (χ0) is 13.8. The van der Waals surface area contributed by atoms with Gasteiger partial charge in [-0.05, 0) is 43.7 Å². The Labute approximate surface area is 118 Å². The number of halogens is 2. The Morgan fingerprint density at radius 3 is 2.22 bits per heavy atom. The molecular formula is C12H17Cl2NO2S. The van der Waals surface area contributed by atoms with Gasteiger partial charge in [0.05, 0.1) is 0 Å². The van der Waals surface area contributed by atoms with Crippen molar-refractivity contribution < 1.29 is 8.42 Å². The summed E-state index contributed by atoms with van der Waals surface area (Å²) in [5.74, 6) is 0.194. The summed E-state index contributed by atoms with van der Waals surface area (Å²) in [5.41, 5.74) is 0.975. The van der Waals surface area contributed by atoms with Gasteiger partial charge in [0.15, 0.2) is 0 Å². The zero-order valence-corrected chi connectivity index (χ0v) is 12.7. The minimum atomic E-state index is -2.91. The van der Waals surface area contributed by atoms with Gasteiger partial charge >= 0.3 is 0 Å². The van der Waals surface area contributed by atoms with E-state index in [-0.39, 0.29) is 11.8 Å². The fourth-order valence-electron chi connectivity index (χ4n) is 1.80. The molecule has 0 bridgehead atoms. The predicted molar refractivity (Wildman–Crippen MR) is 77.2 cm³/mol. The first-order chi connectivity index (χ1) is 8.31. The van der Waals surface area contributed by atoms with E-state index in [2.05, 4.69) is 5.32 Å². The third kappa shape index (κ3) is 5.57. The molecule has 1 N–H and O–H groups in total. The molecule has 0 saturated heterocycles. The number of rotatable bonds is 6. The molecule has 1 atom stereocenters. The maximum absolute atomic E-state index is 11.1. The number of hydrogen-bond donors (Lipinski definition) is 1. The van der Waals surface area contributed by atoms with E-state index in [9.17, 15) is 8.42 Å². The van der Waals surface area contributed by atoms with E-state index >= 15 is 0 Å². The second-order valence-corrected chi connectivity index (χ2v) is 7.45. The van der Waals surface area contributed by atoms with E-state index in [0.29, 0.717) is 16.5 Å². The Kier molecular flexibility index (Phi) is 5.92. The maximum Gasteiger partial charge on any atom is 0.147 e. The summed E-state index contributed by atoms with van der Waals surface area (Å²) in [4.78, 5) is 0. The third-order valence-corrected chi connectivity index (χ3v) is 4.11. The molecule has 0 amide bonds. The lowest BCUT2D eigenvalue weighted by Crippen LogP contribution is -2.17. The van der Waals surface area contributed by atoms with Gasteiger partial charge in [-0.25, -0.2) is 8.42 Å². The number of benzene rings is 1. The van der Waals surface area contributed by atoms with Crippen molar-refractivity contribution in [3.05, 3.63) is 33.8 Å². The highest BCUT2D eigenvalue weighted by atomic mass is 35.5. The minimum absolute atomic E-state index is 0.0583. The molecule has 0 aliphatic rings. The van der Waals surface area contributed by atoms with Crippen LogP contribution in [-0.2, 0) is 9.84 Å². The molecule has 0 fully saturated rings. The normalized spacial score (nSPS) is 13.6. The van der Waals surface area contributed by atoms with Crippen molar-refractivity contribution in [3.63, 3.8) is 0 Å². The highest BCUT2D eigenvalue weighted by Gasteiger charge is 2.12. The predicted octanol–water partition coefficient (Wildman–Crippen LogP) is 3.08. The molecule has 0 radical (unpaired) electrons. The summed E-state index contributed by atoms with van der Waals surface area (Å²) in [6, 6.07) is 5.42. The van der Waals surface area contributed by atoms with Crippen LogP contribution in [0.5, 0.6) is 0 Å². The van der Waals surface area contributed by atoms with Crippen molar-refractivity contribution in [1.29, 1.82) is 0 Å². The Bertz CT molecular complexity index is 483. The minimum Gasteiger partial charge on any atom is -0.313 e. The van der Waals surface area contributed by atoms with Crippen LogP contribution in [0.2, 0.25) is 10.0 Å². The van der Waals surface area contributed by atoms with Crippen LogP contribution in [0.4, 0.5) is 0 Å². The lowest BCUT2D eigenvalue weighted by Gasteiger charge is -2.17. The molecule has 1 rings (SSSR count). The summed E-state index contributed by atoms with van der Waals surface area (Å²) >= 11 is 11.9. The summed E-state index contributed by atoms with van der Waals surface area (Å²) < 4.78 is 22.2. The van der Waals surface area contributed by atoms with Crippen LogP contribution in [0, 0.1) is 0 Å². The van der Waals surface area contributed by atoms with Gasteiger partial charge in [0, 0.05) is 28.1 Å². The van der Waals surface area contributed by atoms with E-state index in [1.165, 1.54) is 6.26 Å². The van der Waals surface area contributed by atoms with Crippen molar-refractivity contribution in [3.8, 4) is 0 Å². The van der Waals surface area contributed by atoms with Crippen LogP contribution in [0.15, 0.2) is 18.2 Å². The van der Waals surface area contributed by atoms with E-state index in [1.54, 1.807) is 6.07 Å². The molecule has 0 aliphatic heterocycles. The Balaban J connectivity index is 2.71. The molecule has 18 heavy (non-hydrogen) atoms. The Morgan fingerprint density at radius 1 is 1.22 bits per heavy atom. The molecule has 0 saturated carbocycles. The van der Waals surface area contributed by atoms with Crippen LogP contribution in [0.25, 0.3) is 0 Å². The van der Waals surface area contributed by atoms with Gasteiger partial charge in [0.25, 0.3) is 0 Å². The fourth-order valence-corrected chi connectivity index (χ4v) is 3.04. The smallest absolute Gasteiger partial charge is 0.147 e. The first kappa shape index (κ1) is 15.8. The second-order valence-electron chi connectivity index (χ2n) is 4.32. The van der Waals surface area contributed by atoms with Crippen LogP contribution in [0.3, 0.4) is 0 Å². The molecule has 0 spiro atoms. The zero-order valence-electron chi connectivity index (χ0n) is 10.4. The summed E-state index contributed by atoms with van der Waals surface area (Å²) in [6.45, 7) is 0. The fraction of sp³-hybridized carbons (Fsp3) is 0.500. The van der Waals surface area contributed by atoms with E-state index in [1.807, 2.05) is 19.2 Å². The van der Waals surface area contributed by atoms with Crippen molar-refractivity contribution in [1.82, 2.24) is 5.32 Å². The summed E-state index contributed by atoms with van der Waals surface area (Å²) in [6.07, 6.45) is 2.58. The first-order valence-electron chi connectivity index (χ1n) is 5.63. The number of sulfone groups is 1. The van der Waals surface area contributed by atoms with Crippen molar-refractivity contribution in [2.75, 3.05) is 19.1 Å². The quantitative estimate of drug-likeness (QED) is 0.878. The molecule has 1 aromatic rings. The topological polar surface area (TPSA) is 46.2 Å². The second kappa shape index (κ2) is 6.75. The lowest BCUT2D eigenvalue weighted by molar-refractivity contribution is 0.536. The number of hydrogen-bond acceptors (Lipinski definition) is 3. The average Bonchev–Trinajstić information content (AvgIpc) is 2.21. The van der Waals surface area contributed by atoms with Crippen molar-refractivity contribution in [2.24, 2.45) is 0 Å². The molecular weight excluding hydrogens is 293 g/mol. The molecule has 102 valence electrons. The van der Waals surface area contributed by atoms with Crippen LogP contribution in [-0.4, -0.2) is 27.5 Å². The van der Waals surface area contributed by atoms with Crippen molar-refractivity contribution in [2.45, 2.75) is 18.9 Å². The van der Waals surface area contributed by atoms with Gasteiger partial charge in [0.1, 0.15) is 9.84 Å². The van der Waals surface area contributed by atoms with Crippen LogP contribution in [0.1, 0.15) is 24.4 Å². The van der Waals surface area contributed by atoms with E-state index < -0.39 is 9.84 Å². The molecule has 0 aliphatic carbocycles. The monoisotopic (exact) mass is 309 g/mol. The van der Waals surface area contributed by atoms with E-state index in [4.69, 9.17) is 23.2 Å². The summed E-state index contributed by atoms with van der Waals surface area (Å²) in [5, 5.41) is 4.32. The van der Waals surface area contributed by atoms with Crippen molar-refractivity contribution >= 4 is 33.0 Å². The van der Waals surface area contributed by atoms with Gasteiger partial charge in [-0.1, -0.05) is 23.2 Å². The molecule has 3 nitrogen and oxygen atoms in total. The lowest BCUT2D eigenvalue weighted by atomic mass is 10.0. The van der Waals surface area contributed by atoms with Gasteiger partial charge in [-0.2, -0.15) is 0 Å². The molecule has 0 aromatic heterocycles.